The first-order valence-electron chi connectivity index (χ1n) is 8.74. The zero-order chi connectivity index (χ0) is 17.1. The maximum atomic E-state index is 8.18. The Bertz CT molecular complexity index is 514. The van der Waals surface area contributed by atoms with E-state index in [1.807, 2.05) is 36.4 Å². The van der Waals surface area contributed by atoms with E-state index in [1.165, 1.54) is 25.7 Å². The van der Waals surface area contributed by atoms with Crippen molar-refractivity contribution in [2.45, 2.75) is 46.5 Å². The smallest absolute Gasteiger partial charge is 0.0629 e. The van der Waals surface area contributed by atoms with E-state index in [-0.39, 0.29) is 0 Å². The van der Waals surface area contributed by atoms with Crippen molar-refractivity contribution in [1.82, 2.24) is 4.90 Å². The summed E-state index contributed by atoms with van der Waals surface area (Å²) in [5.74, 6) is 0.654. The van der Waals surface area contributed by atoms with E-state index in [0.717, 1.165) is 17.8 Å². The van der Waals surface area contributed by atoms with Gasteiger partial charge in [-0.1, -0.05) is 62.8 Å². The first kappa shape index (κ1) is 19.2. The molecule has 0 spiro atoms. The number of benzene rings is 1. The molecule has 0 heterocycles. The Kier molecular flexibility index (Phi) is 9.04. The SMILES string of the molecule is CCC/C=C\C(C)CCCN(C)/C(C)=C\C(=N)c1ccccc1. The molecule has 0 aliphatic carbocycles. The van der Waals surface area contributed by atoms with E-state index in [4.69, 9.17) is 5.41 Å². The highest BCUT2D eigenvalue weighted by Gasteiger charge is 2.04. The Morgan fingerprint density at radius 2 is 1.96 bits per heavy atom. The van der Waals surface area contributed by atoms with Crippen LogP contribution in [0.5, 0.6) is 0 Å². The van der Waals surface area contributed by atoms with Gasteiger partial charge in [0.1, 0.15) is 0 Å². The van der Waals surface area contributed by atoms with Gasteiger partial charge in [0.05, 0.1) is 5.71 Å². The molecule has 2 nitrogen and oxygen atoms in total. The summed E-state index contributed by atoms with van der Waals surface area (Å²) >= 11 is 0. The number of unbranched alkanes of at least 4 members (excludes halogenated alkanes) is 1. The highest BCUT2D eigenvalue weighted by molar-refractivity contribution is 6.06. The van der Waals surface area contributed by atoms with Crippen LogP contribution in [0.15, 0.2) is 54.3 Å². The fourth-order valence-corrected chi connectivity index (χ4v) is 2.44. The van der Waals surface area contributed by atoms with E-state index in [9.17, 15) is 0 Å². The highest BCUT2D eigenvalue weighted by atomic mass is 15.1. The minimum Gasteiger partial charge on any atom is -0.378 e. The van der Waals surface area contributed by atoms with Crippen molar-refractivity contribution in [3.8, 4) is 0 Å². The van der Waals surface area contributed by atoms with Crippen molar-refractivity contribution in [1.29, 1.82) is 5.41 Å². The molecule has 0 aliphatic rings. The number of nitrogens with one attached hydrogen (secondary N) is 1. The Balaban J connectivity index is 2.40. The third-order valence-corrected chi connectivity index (χ3v) is 4.11. The van der Waals surface area contributed by atoms with Gasteiger partial charge in [-0.15, -0.1) is 0 Å². The predicted octanol–water partition coefficient (Wildman–Crippen LogP) is 5.66. The van der Waals surface area contributed by atoms with Gasteiger partial charge in [-0.05, 0) is 43.7 Å². The molecule has 0 aliphatic heterocycles. The third-order valence-electron chi connectivity index (χ3n) is 4.11. The summed E-state index contributed by atoms with van der Waals surface area (Å²) in [6.45, 7) is 7.63. The number of rotatable bonds is 10. The molecule has 0 aromatic heterocycles. The summed E-state index contributed by atoms with van der Waals surface area (Å²) in [7, 11) is 2.11. The highest BCUT2D eigenvalue weighted by Crippen LogP contribution is 2.11. The molecule has 1 atom stereocenters. The van der Waals surface area contributed by atoms with Crippen LogP contribution in [-0.2, 0) is 0 Å². The normalized spacial score (nSPS) is 13.3. The van der Waals surface area contributed by atoms with Crippen molar-refractivity contribution >= 4 is 5.71 Å². The second-order valence-corrected chi connectivity index (χ2v) is 6.32. The molecular weight excluding hydrogens is 280 g/mol. The standard InChI is InChI=1S/C21H32N2/c1-5-6-8-12-18(2)13-11-16-23(4)19(3)17-21(22)20-14-9-7-10-15-20/h7-10,12,14-15,17-18,22H,5-6,11,13,16H2,1-4H3/b12-8-,19-17-,22-21?. The summed E-state index contributed by atoms with van der Waals surface area (Å²) in [5, 5.41) is 8.18. The lowest BCUT2D eigenvalue weighted by Crippen LogP contribution is -2.18. The van der Waals surface area contributed by atoms with Gasteiger partial charge in [-0.2, -0.15) is 0 Å². The first-order chi connectivity index (χ1) is 11.0. The van der Waals surface area contributed by atoms with Crippen LogP contribution in [0.3, 0.4) is 0 Å². The van der Waals surface area contributed by atoms with Gasteiger partial charge >= 0.3 is 0 Å². The largest absolute Gasteiger partial charge is 0.378 e. The van der Waals surface area contributed by atoms with Gasteiger partial charge in [-0.25, -0.2) is 0 Å². The van der Waals surface area contributed by atoms with Crippen LogP contribution < -0.4 is 0 Å². The third kappa shape index (κ3) is 7.83. The number of hydrogen-bond acceptors (Lipinski definition) is 2. The lowest BCUT2D eigenvalue weighted by atomic mass is 10.0. The summed E-state index contributed by atoms with van der Waals surface area (Å²) in [4.78, 5) is 2.25. The van der Waals surface area contributed by atoms with E-state index in [0.29, 0.717) is 11.6 Å². The van der Waals surface area contributed by atoms with Crippen molar-refractivity contribution in [2.75, 3.05) is 13.6 Å². The van der Waals surface area contributed by atoms with Crippen LogP contribution in [0, 0.1) is 11.3 Å². The number of nitrogens with zero attached hydrogens (tertiary/aromatic N) is 1. The van der Waals surface area contributed by atoms with Crippen LogP contribution in [0.25, 0.3) is 0 Å². The average Bonchev–Trinajstić information content (AvgIpc) is 2.55. The lowest BCUT2D eigenvalue weighted by Gasteiger charge is -2.20. The Labute approximate surface area is 142 Å². The minimum atomic E-state index is 0.575. The topological polar surface area (TPSA) is 27.1 Å². The molecule has 1 aromatic carbocycles. The second kappa shape index (κ2) is 10.8. The van der Waals surface area contributed by atoms with Gasteiger partial charge in [0.2, 0.25) is 0 Å². The Hall–Kier alpha value is -1.83. The molecule has 1 rings (SSSR count). The van der Waals surface area contributed by atoms with Crippen LogP contribution in [0.2, 0.25) is 0 Å². The fourth-order valence-electron chi connectivity index (χ4n) is 2.44. The molecule has 0 radical (unpaired) electrons. The zero-order valence-corrected chi connectivity index (χ0v) is 15.2. The number of hydrogen-bond donors (Lipinski definition) is 1. The molecule has 0 fully saturated rings. The summed E-state index contributed by atoms with van der Waals surface area (Å²) in [6.07, 6.45) is 11.4. The molecule has 126 valence electrons. The van der Waals surface area contributed by atoms with Crippen LogP contribution in [0.4, 0.5) is 0 Å². The van der Waals surface area contributed by atoms with E-state index in [1.54, 1.807) is 0 Å². The van der Waals surface area contributed by atoms with Crippen molar-refractivity contribution in [3.63, 3.8) is 0 Å². The van der Waals surface area contributed by atoms with Crippen molar-refractivity contribution in [3.05, 3.63) is 59.8 Å². The van der Waals surface area contributed by atoms with Gasteiger partial charge in [-0.3, -0.25) is 0 Å². The molecule has 0 bridgehead atoms. The maximum absolute atomic E-state index is 8.18. The Morgan fingerprint density at radius 3 is 2.61 bits per heavy atom. The molecule has 23 heavy (non-hydrogen) atoms. The molecule has 1 aromatic rings. The predicted molar refractivity (Wildman–Crippen MR) is 102 cm³/mol. The van der Waals surface area contributed by atoms with Gasteiger partial charge in [0.25, 0.3) is 0 Å². The second-order valence-electron chi connectivity index (χ2n) is 6.32. The molecule has 1 unspecified atom stereocenters. The fraction of sp³-hybridized carbons (Fsp3) is 0.476. The van der Waals surface area contributed by atoms with Crippen molar-refractivity contribution in [2.24, 2.45) is 5.92 Å². The molecule has 0 amide bonds. The van der Waals surface area contributed by atoms with Crippen LogP contribution in [0.1, 0.15) is 52.0 Å². The summed E-state index contributed by atoms with van der Waals surface area (Å²) in [6, 6.07) is 9.90. The molecule has 1 N–H and O–H groups in total. The monoisotopic (exact) mass is 312 g/mol. The number of allylic oxidation sites excluding steroid dienone is 4. The van der Waals surface area contributed by atoms with Crippen LogP contribution in [-0.4, -0.2) is 24.2 Å². The van der Waals surface area contributed by atoms with E-state index >= 15 is 0 Å². The molecule has 0 saturated carbocycles. The minimum absolute atomic E-state index is 0.575. The van der Waals surface area contributed by atoms with Crippen molar-refractivity contribution < 1.29 is 0 Å². The molecule has 2 heteroatoms. The summed E-state index contributed by atoms with van der Waals surface area (Å²) < 4.78 is 0. The van der Waals surface area contributed by atoms with Crippen LogP contribution >= 0.6 is 0 Å². The maximum Gasteiger partial charge on any atom is 0.0629 e. The molecular formula is C21H32N2. The average molecular weight is 313 g/mol. The van der Waals surface area contributed by atoms with Gasteiger partial charge < -0.3 is 10.3 Å². The summed E-state index contributed by atoms with van der Waals surface area (Å²) in [5.41, 5.74) is 2.69. The van der Waals surface area contributed by atoms with E-state index in [2.05, 4.69) is 44.9 Å². The van der Waals surface area contributed by atoms with Gasteiger partial charge in [0.15, 0.2) is 0 Å². The van der Waals surface area contributed by atoms with E-state index < -0.39 is 0 Å². The first-order valence-corrected chi connectivity index (χ1v) is 8.74. The zero-order valence-electron chi connectivity index (χ0n) is 15.2. The lowest BCUT2D eigenvalue weighted by molar-refractivity contribution is 0.393. The van der Waals surface area contributed by atoms with Gasteiger partial charge in [0, 0.05) is 19.3 Å². The Morgan fingerprint density at radius 1 is 1.26 bits per heavy atom. The molecule has 0 saturated heterocycles. The quantitative estimate of drug-likeness (QED) is 0.438.